The highest BCUT2D eigenvalue weighted by Gasteiger charge is 2.00. The molecular weight excluding hydrogens is 204 g/mol. The van der Waals surface area contributed by atoms with E-state index in [-0.39, 0.29) is 0 Å². The first-order valence-electron chi connectivity index (χ1n) is 5.82. The van der Waals surface area contributed by atoms with Crippen LogP contribution in [0.2, 0.25) is 0 Å². The van der Waals surface area contributed by atoms with Crippen molar-refractivity contribution in [3.05, 3.63) is 18.0 Å². The Bertz CT molecular complexity index is 268. The van der Waals surface area contributed by atoms with Crippen LogP contribution < -0.4 is 0 Å². The largest absolute Gasteiger partial charge is 0.272 e. The van der Waals surface area contributed by atoms with E-state index in [9.17, 15) is 0 Å². The quantitative estimate of drug-likeness (QED) is 0.661. The van der Waals surface area contributed by atoms with Gasteiger partial charge < -0.3 is 0 Å². The van der Waals surface area contributed by atoms with Gasteiger partial charge in [0.05, 0.1) is 5.69 Å². The van der Waals surface area contributed by atoms with Crippen molar-refractivity contribution in [1.82, 2.24) is 9.78 Å². The minimum Gasteiger partial charge on any atom is -0.272 e. The number of rotatable bonds is 7. The Morgan fingerprint density at radius 1 is 1.47 bits per heavy atom. The predicted octanol–water partition coefficient (Wildman–Crippen LogP) is 3.57. The average Bonchev–Trinajstić information content (AvgIpc) is 2.63. The summed E-state index contributed by atoms with van der Waals surface area (Å²) in [6, 6.07) is 2.14. The topological polar surface area (TPSA) is 17.8 Å². The molecule has 0 radical (unpaired) electrons. The van der Waals surface area contributed by atoms with E-state index in [1.165, 1.54) is 24.3 Å². The number of nitrogens with zero attached hydrogens (tertiary/aromatic N) is 2. The Hall–Kier alpha value is -0.440. The Kier molecular flexibility index (Phi) is 5.84. The molecule has 0 aromatic carbocycles. The maximum absolute atomic E-state index is 4.55. The van der Waals surface area contributed by atoms with E-state index in [1.807, 2.05) is 11.8 Å². The zero-order chi connectivity index (χ0) is 11.1. The van der Waals surface area contributed by atoms with Gasteiger partial charge in [0.15, 0.2) is 0 Å². The molecule has 0 N–H and O–H groups in total. The van der Waals surface area contributed by atoms with Crippen LogP contribution >= 0.6 is 11.8 Å². The van der Waals surface area contributed by atoms with Crippen molar-refractivity contribution in [2.24, 2.45) is 5.92 Å². The second-order valence-electron chi connectivity index (χ2n) is 4.31. The minimum absolute atomic E-state index is 0.757. The number of hydrogen-bond donors (Lipinski definition) is 0. The zero-order valence-corrected chi connectivity index (χ0v) is 10.9. The van der Waals surface area contributed by atoms with Gasteiger partial charge in [-0.1, -0.05) is 20.8 Å². The fourth-order valence-electron chi connectivity index (χ4n) is 1.32. The average molecular weight is 226 g/mol. The second-order valence-corrected chi connectivity index (χ2v) is 5.41. The van der Waals surface area contributed by atoms with E-state index in [0.29, 0.717) is 0 Å². The lowest BCUT2D eigenvalue weighted by Crippen LogP contribution is -2.02. The summed E-state index contributed by atoms with van der Waals surface area (Å²) < 4.78 is 2.07. The van der Waals surface area contributed by atoms with Crippen molar-refractivity contribution in [2.75, 3.05) is 5.75 Å². The SMILES string of the molecule is CCCSCc1ccn(CCC(C)C)n1. The second kappa shape index (κ2) is 6.94. The third kappa shape index (κ3) is 5.26. The third-order valence-electron chi connectivity index (χ3n) is 2.23. The Balaban J connectivity index is 2.29. The number of aryl methyl sites for hydroxylation is 1. The molecule has 0 fully saturated rings. The smallest absolute Gasteiger partial charge is 0.0723 e. The Morgan fingerprint density at radius 2 is 2.27 bits per heavy atom. The third-order valence-corrected chi connectivity index (χ3v) is 3.43. The summed E-state index contributed by atoms with van der Waals surface area (Å²) in [5.41, 5.74) is 1.22. The van der Waals surface area contributed by atoms with Gasteiger partial charge in [0.25, 0.3) is 0 Å². The molecule has 2 nitrogen and oxygen atoms in total. The zero-order valence-electron chi connectivity index (χ0n) is 10.1. The van der Waals surface area contributed by atoms with E-state index in [2.05, 4.69) is 42.8 Å². The van der Waals surface area contributed by atoms with E-state index < -0.39 is 0 Å². The van der Waals surface area contributed by atoms with Gasteiger partial charge in [0, 0.05) is 18.5 Å². The molecular formula is C12H22N2S. The summed E-state index contributed by atoms with van der Waals surface area (Å²) in [5.74, 6) is 3.05. The number of aromatic nitrogens is 2. The molecule has 1 aromatic rings. The highest BCUT2D eigenvalue weighted by Crippen LogP contribution is 2.11. The van der Waals surface area contributed by atoms with Crippen molar-refractivity contribution < 1.29 is 0 Å². The molecule has 0 aliphatic heterocycles. The van der Waals surface area contributed by atoms with Crippen molar-refractivity contribution in [3.63, 3.8) is 0 Å². The Morgan fingerprint density at radius 3 is 2.93 bits per heavy atom. The molecule has 86 valence electrons. The summed E-state index contributed by atoms with van der Waals surface area (Å²) in [6.07, 6.45) is 4.56. The molecule has 1 rings (SSSR count). The highest BCUT2D eigenvalue weighted by molar-refractivity contribution is 7.98. The highest BCUT2D eigenvalue weighted by atomic mass is 32.2. The minimum atomic E-state index is 0.757. The molecule has 0 atom stereocenters. The van der Waals surface area contributed by atoms with Crippen LogP contribution in [0.3, 0.4) is 0 Å². The molecule has 3 heteroatoms. The lowest BCUT2D eigenvalue weighted by Gasteiger charge is -2.04. The lowest BCUT2D eigenvalue weighted by atomic mass is 10.1. The summed E-state index contributed by atoms with van der Waals surface area (Å²) in [4.78, 5) is 0. The first-order chi connectivity index (χ1) is 7.22. The molecule has 0 bridgehead atoms. The molecule has 0 aliphatic carbocycles. The van der Waals surface area contributed by atoms with E-state index in [0.717, 1.165) is 18.2 Å². The molecule has 0 spiro atoms. The van der Waals surface area contributed by atoms with Gasteiger partial charge in [0.2, 0.25) is 0 Å². The normalized spacial score (nSPS) is 11.2. The molecule has 1 aromatic heterocycles. The van der Waals surface area contributed by atoms with Gasteiger partial charge in [-0.15, -0.1) is 0 Å². The van der Waals surface area contributed by atoms with Crippen molar-refractivity contribution >= 4 is 11.8 Å². The molecule has 0 saturated heterocycles. The van der Waals surface area contributed by atoms with Crippen molar-refractivity contribution in [1.29, 1.82) is 0 Å². The van der Waals surface area contributed by atoms with Gasteiger partial charge in [-0.2, -0.15) is 16.9 Å². The first-order valence-corrected chi connectivity index (χ1v) is 6.98. The summed E-state index contributed by atoms with van der Waals surface area (Å²) in [5, 5.41) is 4.55. The van der Waals surface area contributed by atoms with Crippen LogP contribution in [0.4, 0.5) is 0 Å². The maximum atomic E-state index is 4.55. The summed E-state index contributed by atoms with van der Waals surface area (Å²) in [6.45, 7) is 7.77. The molecule has 0 saturated carbocycles. The van der Waals surface area contributed by atoms with E-state index >= 15 is 0 Å². The summed E-state index contributed by atoms with van der Waals surface area (Å²) in [7, 11) is 0. The predicted molar refractivity (Wildman–Crippen MR) is 68.1 cm³/mol. The van der Waals surface area contributed by atoms with E-state index in [1.54, 1.807) is 0 Å². The van der Waals surface area contributed by atoms with Crippen LogP contribution in [-0.4, -0.2) is 15.5 Å². The van der Waals surface area contributed by atoms with Crippen LogP contribution in [0.5, 0.6) is 0 Å². The number of thioether (sulfide) groups is 1. The van der Waals surface area contributed by atoms with Crippen molar-refractivity contribution in [3.8, 4) is 0 Å². The lowest BCUT2D eigenvalue weighted by molar-refractivity contribution is 0.485. The van der Waals surface area contributed by atoms with Crippen LogP contribution in [0, 0.1) is 5.92 Å². The van der Waals surface area contributed by atoms with Gasteiger partial charge in [-0.25, -0.2) is 0 Å². The van der Waals surface area contributed by atoms with Crippen LogP contribution in [-0.2, 0) is 12.3 Å². The van der Waals surface area contributed by atoms with E-state index in [4.69, 9.17) is 0 Å². The first kappa shape index (κ1) is 12.6. The standard InChI is InChI=1S/C12H22N2S/c1-4-9-15-10-12-6-8-14(13-12)7-5-11(2)3/h6,8,11H,4-5,7,9-10H2,1-3H3. The number of hydrogen-bond acceptors (Lipinski definition) is 2. The molecule has 0 unspecified atom stereocenters. The fourth-order valence-corrected chi connectivity index (χ4v) is 2.11. The van der Waals surface area contributed by atoms with Crippen LogP contribution in [0.1, 0.15) is 39.3 Å². The fraction of sp³-hybridized carbons (Fsp3) is 0.750. The van der Waals surface area contributed by atoms with Gasteiger partial charge in [0.1, 0.15) is 0 Å². The maximum Gasteiger partial charge on any atom is 0.0723 e. The molecule has 0 amide bonds. The van der Waals surface area contributed by atoms with Gasteiger partial charge in [-0.05, 0) is 30.6 Å². The van der Waals surface area contributed by atoms with Crippen LogP contribution in [0.15, 0.2) is 12.3 Å². The summed E-state index contributed by atoms with van der Waals surface area (Å²) >= 11 is 1.97. The monoisotopic (exact) mass is 226 g/mol. The van der Waals surface area contributed by atoms with Gasteiger partial charge >= 0.3 is 0 Å². The Labute approximate surface area is 97.4 Å². The van der Waals surface area contributed by atoms with Crippen molar-refractivity contribution in [2.45, 2.75) is 45.9 Å². The molecule has 1 heterocycles. The van der Waals surface area contributed by atoms with Gasteiger partial charge in [-0.3, -0.25) is 4.68 Å². The molecule has 0 aliphatic rings. The van der Waals surface area contributed by atoms with Crippen LogP contribution in [0.25, 0.3) is 0 Å². The molecule has 15 heavy (non-hydrogen) atoms.